The second-order valence-corrected chi connectivity index (χ2v) is 11.2. The summed E-state index contributed by atoms with van der Waals surface area (Å²) in [5.41, 5.74) is 4.43. The van der Waals surface area contributed by atoms with E-state index in [0.29, 0.717) is 23.3 Å². The van der Waals surface area contributed by atoms with Crippen molar-refractivity contribution in [3.63, 3.8) is 0 Å². The van der Waals surface area contributed by atoms with Crippen LogP contribution in [0.5, 0.6) is 0 Å². The van der Waals surface area contributed by atoms with E-state index in [9.17, 15) is 8.78 Å². The highest BCUT2D eigenvalue weighted by Crippen LogP contribution is 2.42. The van der Waals surface area contributed by atoms with Crippen LogP contribution in [0.1, 0.15) is 69.1 Å². The summed E-state index contributed by atoms with van der Waals surface area (Å²) in [6, 6.07) is 15.6. The molecule has 6 rings (SSSR count). The van der Waals surface area contributed by atoms with Gasteiger partial charge >= 0.3 is 0 Å². The van der Waals surface area contributed by atoms with E-state index < -0.39 is 11.6 Å². The van der Waals surface area contributed by atoms with Gasteiger partial charge in [0.15, 0.2) is 11.6 Å². The summed E-state index contributed by atoms with van der Waals surface area (Å²) >= 11 is 0. The molecule has 37 heavy (non-hydrogen) atoms. The van der Waals surface area contributed by atoms with Crippen LogP contribution in [0.25, 0.3) is 27.8 Å². The first-order valence-corrected chi connectivity index (χ1v) is 13.7. The zero-order chi connectivity index (χ0) is 25.5. The van der Waals surface area contributed by atoms with Gasteiger partial charge in [0.1, 0.15) is 11.9 Å². The lowest BCUT2D eigenvalue weighted by Gasteiger charge is -2.34. The molecule has 192 valence electrons. The van der Waals surface area contributed by atoms with Crippen LogP contribution in [0.4, 0.5) is 13.2 Å². The van der Waals surface area contributed by atoms with E-state index >= 15 is 4.39 Å². The number of epoxide rings is 1. The molecule has 1 heterocycles. The SMILES string of the molecule is CC1CCC(C2CC=C(c3ccc(-c4ccc(-c5ccc(C6CO6)c(F)c5F)cc4)c(F)c3)CC2)CC1. The van der Waals surface area contributed by atoms with Crippen LogP contribution in [0.2, 0.25) is 0 Å². The average Bonchev–Trinajstić information content (AvgIpc) is 3.76. The van der Waals surface area contributed by atoms with E-state index in [0.717, 1.165) is 36.2 Å². The van der Waals surface area contributed by atoms with Crippen LogP contribution >= 0.6 is 0 Å². The second-order valence-electron chi connectivity index (χ2n) is 11.2. The average molecular weight is 503 g/mol. The lowest BCUT2D eigenvalue weighted by atomic mass is 9.71. The van der Waals surface area contributed by atoms with E-state index in [2.05, 4.69) is 13.0 Å². The Hall–Kier alpha value is -2.85. The fourth-order valence-corrected chi connectivity index (χ4v) is 6.34. The molecule has 3 aliphatic rings. The number of benzene rings is 3. The van der Waals surface area contributed by atoms with Crippen molar-refractivity contribution in [2.45, 2.75) is 58.0 Å². The summed E-state index contributed by atoms with van der Waals surface area (Å²) in [5.74, 6) is 0.503. The Kier molecular flexibility index (Phi) is 6.71. The van der Waals surface area contributed by atoms with Crippen LogP contribution in [0, 0.1) is 35.2 Å². The van der Waals surface area contributed by atoms with Crippen LogP contribution < -0.4 is 0 Å². The maximum absolute atomic E-state index is 15.2. The van der Waals surface area contributed by atoms with Crippen molar-refractivity contribution in [2.75, 3.05) is 6.61 Å². The summed E-state index contributed by atoms with van der Waals surface area (Å²) in [6.07, 6.45) is 10.7. The van der Waals surface area contributed by atoms with Crippen LogP contribution in [0.15, 0.2) is 60.7 Å². The highest BCUT2D eigenvalue weighted by atomic mass is 19.2. The van der Waals surface area contributed by atoms with Gasteiger partial charge in [0.2, 0.25) is 0 Å². The lowest BCUT2D eigenvalue weighted by Crippen LogP contribution is -2.22. The Balaban J connectivity index is 1.16. The molecular formula is C33H33F3O. The number of allylic oxidation sites excluding steroid dienone is 2. The first-order valence-electron chi connectivity index (χ1n) is 13.7. The molecule has 0 bridgehead atoms. The molecule has 3 aromatic rings. The third-order valence-electron chi connectivity index (χ3n) is 8.82. The number of hydrogen-bond donors (Lipinski definition) is 0. The Morgan fingerprint density at radius 2 is 1.35 bits per heavy atom. The fourth-order valence-electron chi connectivity index (χ4n) is 6.34. The van der Waals surface area contributed by atoms with Crippen LogP contribution in [-0.4, -0.2) is 6.61 Å². The molecule has 2 aliphatic carbocycles. The number of hydrogen-bond acceptors (Lipinski definition) is 1. The summed E-state index contributed by atoms with van der Waals surface area (Å²) in [4.78, 5) is 0. The molecule has 0 amide bonds. The quantitative estimate of drug-likeness (QED) is 0.317. The number of rotatable bonds is 5. The molecule has 1 aliphatic heterocycles. The molecule has 3 aromatic carbocycles. The van der Waals surface area contributed by atoms with Gasteiger partial charge in [0, 0.05) is 16.7 Å². The monoisotopic (exact) mass is 502 g/mol. The summed E-state index contributed by atoms with van der Waals surface area (Å²) in [7, 11) is 0. The Morgan fingerprint density at radius 3 is 1.97 bits per heavy atom. The van der Waals surface area contributed by atoms with Gasteiger partial charge in [0.25, 0.3) is 0 Å². The third kappa shape index (κ3) is 5.01. The number of halogens is 3. The van der Waals surface area contributed by atoms with Crippen molar-refractivity contribution in [1.82, 2.24) is 0 Å². The Bertz CT molecular complexity index is 1310. The first-order chi connectivity index (χ1) is 18.0. The zero-order valence-electron chi connectivity index (χ0n) is 21.3. The summed E-state index contributed by atoms with van der Waals surface area (Å²) in [6.45, 7) is 2.79. The van der Waals surface area contributed by atoms with E-state index in [1.54, 1.807) is 42.5 Å². The van der Waals surface area contributed by atoms with Crippen molar-refractivity contribution in [1.29, 1.82) is 0 Å². The normalized spacial score (nSPS) is 25.6. The molecule has 1 saturated heterocycles. The van der Waals surface area contributed by atoms with Crippen molar-refractivity contribution < 1.29 is 17.9 Å². The first kappa shape index (κ1) is 24.5. The van der Waals surface area contributed by atoms with E-state index in [4.69, 9.17) is 4.74 Å². The van der Waals surface area contributed by atoms with Gasteiger partial charge in [-0.2, -0.15) is 0 Å². The highest BCUT2D eigenvalue weighted by Gasteiger charge is 2.30. The molecule has 2 unspecified atom stereocenters. The largest absolute Gasteiger partial charge is 0.368 e. The topological polar surface area (TPSA) is 12.5 Å². The minimum Gasteiger partial charge on any atom is -0.368 e. The minimum atomic E-state index is -0.877. The molecule has 1 nitrogen and oxygen atoms in total. The van der Waals surface area contributed by atoms with Crippen LogP contribution in [0.3, 0.4) is 0 Å². The van der Waals surface area contributed by atoms with Crippen molar-refractivity contribution >= 4 is 5.57 Å². The van der Waals surface area contributed by atoms with E-state index in [1.807, 2.05) is 12.1 Å². The standard InChI is InChI=1S/C33H33F3O/c1-20-2-4-21(5-3-20)22-6-8-23(9-7-22)26-14-15-27(30(34)18-26)24-10-12-25(13-11-24)28-16-17-29(31-19-37-31)33(36)32(28)35/h8,10-18,20-22,31H,2-7,9,19H2,1H3. The highest BCUT2D eigenvalue weighted by molar-refractivity contribution is 5.74. The van der Waals surface area contributed by atoms with Gasteiger partial charge in [-0.15, -0.1) is 0 Å². The van der Waals surface area contributed by atoms with Gasteiger partial charge in [-0.25, -0.2) is 13.2 Å². The summed E-state index contributed by atoms with van der Waals surface area (Å²) in [5, 5.41) is 0. The van der Waals surface area contributed by atoms with Gasteiger partial charge in [-0.1, -0.05) is 74.4 Å². The van der Waals surface area contributed by atoms with Crippen molar-refractivity contribution in [3.8, 4) is 22.3 Å². The molecule has 0 radical (unpaired) electrons. The maximum Gasteiger partial charge on any atom is 0.167 e. The minimum absolute atomic E-state index is 0.189. The molecule has 2 fully saturated rings. The van der Waals surface area contributed by atoms with Gasteiger partial charge in [-0.3, -0.25) is 0 Å². The summed E-state index contributed by atoms with van der Waals surface area (Å²) < 4.78 is 49.4. The van der Waals surface area contributed by atoms with Gasteiger partial charge in [0.05, 0.1) is 6.61 Å². The molecule has 0 aromatic heterocycles. The van der Waals surface area contributed by atoms with E-state index in [1.165, 1.54) is 37.7 Å². The molecule has 1 saturated carbocycles. The van der Waals surface area contributed by atoms with Crippen molar-refractivity contribution in [3.05, 3.63) is 89.3 Å². The van der Waals surface area contributed by atoms with Gasteiger partial charge in [-0.05, 0) is 78.2 Å². The smallest absolute Gasteiger partial charge is 0.167 e. The zero-order valence-corrected chi connectivity index (χ0v) is 21.3. The fraction of sp³-hybridized carbons (Fsp3) is 0.394. The third-order valence-corrected chi connectivity index (χ3v) is 8.82. The molecule has 2 atom stereocenters. The Morgan fingerprint density at radius 1 is 0.703 bits per heavy atom. The molecular weight excluding hydrogens is 469 g/mol. The molecule has 0 N–H and O–H groups in total. The Labute approximate surface area is 217 Å². The maximum atomic E-state index is 15.2. The van der Waals surface area contributed by atoms with Crippen molar-refractivity contribution in [2.24, 2.45) is 17.8 Å². The predicted octanol–water partition coefficient (Wildman–Crippen LogP) is 9.52. The predicted molar refractivity (Wildman–Crippen MR) is 142 cm³/mol. The van der Waals surface area contributed by atoms with Crippen LogP contribution in [-0.2, 0) is 4.74 Å². The molecule has 0 spiro atoms. The molecule has 4 heteroatoms. The van der Waals surface area contributed by atoms with Gasteiger partial charge < -0.3 is 4.74 Å². The van der Waals surface area contributed by atoms with E-state index in [-0.39, 0.29) is 23.0 Å². The number of ether oxygens (including phenoxy) is 1. The lowest BCUT2D eigenvalue weighted by molar-refractivity contribution is 0.202. The second kappa shape index (κ2) is 10.1.